The first kappa shape index (κ1) is 8.45. The van der Waals surface area contributed by atoms with Gasteiger partial charge >= 0.3 is 0 Å². The first-order valence-electron chi connectivity index (χ1n) is 3.39. The summed E-state index contributed by atoms with van der Waals surface area (Å²) >= 11 is 0. The Bertz CT molecular complexity index is 270. The quantitative estimate of drug-likeness (QED) is 0.546. The normalized spacial score (nSPS) is 9.42. The number of hydrogen-bond acceptors (Lipinski definition) is 4. The van der Waals surface area contributed by atoms with Gasteiger partial charge in [-0.05, 0) is 13.0 Å². The van der Waals surface area contributed by atoms with E-state index >= 15 is 0 Å². The molecule has 0 aliphatic rings. The summed E-state index contributed by atoms with van der Waals surface area (Å²) in [5.74, 6) is 0.600. The van der Waals surface area contributed by atoms with Gasteiger partial charge in [-0.2, -0.15) is 0 Å². The Morgan fingerprint density at radius 2 is 2.42 bits per heavy atom. The number of rotatable bonds is 3. The van der Waals surface area contributed by atoms with Crippen LogP contribution in [0.25, 0.3) is 0 Å². The van der Waals surface area contributed by atoms with Crippen molar-refractivity contribution in [1.82, 2.24) is 4.98 Å². The summed E-state index contributed by atoms with van der Waals surface area (Å²) in [4.78, 5) is 13.5. The lowest BCUT2D eigenvalue weighted by Gasteiger charge is -1.98. The summed E-state index contributed by atoms with van der Waals surface area (Å²) in [6, 6.07) is 2.96. The van der Waals surface area contributed by atoms with Crippen LogP contribution in [-0.2, 0) is 0 Å². The van der Waals surface area contributed by atoms with Crippen LogP contribution >= 0.6 is 0 Å². The van der Waals surface area contributed by atoms with E-state index in [2.05, 4.69) is 10.3 Å². The lowest BCUT2D eigenvalue weighted by Crippen LogP contribution is -1.95. The van der Waals surface area contributed by atoms with Gasteiger partial charge in [-0.1, -0.05) is 0 Å². The summed E-state index contributed by atoms with van der Waals surface area (Å²) in [6.07, 6.45) is 1.21. The van der Waals surface area contributed by atoms with E-state index in [-0.39, 0.29) is 5.69 Å². The maximum absolute atomic E-state index is 10.2. The van der Waals surface area contributed by atoms with E-state index in [1.165, 1.54) is 12.3 Å². The highest BCUT2D eigenvalue weighted by atomic mass is 16.6. The van der Waals surface area contributed by atoms with Crippen LogP contribution in [0.3, 0.4) is 0 Å². The van der Waals surface area contributed by atoms with Crippen LogP contribution in [0.15, 0.2) is 18.3 Å². The van der Waals surface area contributed by atoms with E-state index in [1.54, 1.807) is 12.6 Å². The van der Waals surface area contributed by atoms with Crippen molar-refractivity contribution in [2.24, 2.45) is 0 Å². The first-order chi connectivity index (χ1) is 5.74. The van der Waals surface area contributed by atoms with Crippen LogP contribution in [0.1, 0.15) is 6.92 Å². The van der Waals surface area contributed by atoms with Gasteiger partial charge in [0.1, 0.15) is 12.0 Å². The SMILES string of the molecule is C[CH]Nc1ccc([N+](=O)[O-])cn1. The van der Waals surface area contributed by atoms with Gasteiger partial charge in [0.15, 0.2) is 0 Å². The smallest absolute Gasteiger partial charge is 0.287 e. The number of hydrogen-bond donors (Lipinski definition) is 1. The second-order valence-corrected chi connectivity index (χ2v) is 2.09. The molecule has 0 fully saturated rings. The number of nitrogens with one attached hydrogen (secondary N) is 1. The van der Waals surface area contributed by atoms with E-state index in [0.717, 1.165) is 0 Å². The molecule has 0 bridgehead atoms. The molecule has 5 nitrogen and oxygen atoms in total. The van der Waals surface area contributed by atoms with E-state index in [0.29, 0.717) is 5.82 Å². The maximum Gasteiger partial charge on any atom is 0.287 e. The highest BCUT2D eigenvalue weighted by molar-refractivity contribution is 5.40. The summed E-state index contributed by atoms with van der Waals surface area (Å²) in [7, 11) is 0. The van der Waals surface area contributed by atoms with Crippen molar-refractivity contribution in [3.05, 3.63) is 35.0 Å². The molecule has 1 radical (unpaired) electrons. The van der Waals surface area contributed by atoms with Crippen molar-refractivity contribution in [2.75, 3.05) is 5.32 Å². The molecule has 0 spiro atoms. The molecule has 5 heteroatoms. The minimum Gasteiger partial charge on any atom is -0.366 e. The molecule has 0 aliphatic heterocycles. The summed E-state index contributed by atoms with van der Waals surface area (Å²) in [5, 5.41) is 13.0. The van der Waals surface area contributed by atoms with Crippen LogP contribution in [0.2, 0.25) is 0 Å². The molecular formula is C7H8N3O2. The molecule has 1 rings (SSSR count). The number of pyridine rings is 1. The largest absolute Gasteiger partial charge is 0.366 e. The van der Waals surface area contributed by atoms with Crippen LogP contribution < -0.4 is 5.32 Å². The van der Waals surface area contributed by atoms with Crippen molar-refractivity contribution in [3.8, 4) is 0 Å². The van der Waals surface area contributed by atoms with Crippen LogP contribution in [-0.4, -0.2) is 9.91 Å². The second kappa shape index (κ2) is 3.66. The second-order valence-electron chi connectivity index (χ2n) is 2.09. The average molecular weight is 166 g/mol. The van der Waals surface area contributed by atoms with Gasteiger partial charge in [0.05, 0.1) is 4.92 Å². The maximum atomic E-state index is 10.2. The molecule has 0 saturated heterocycles. The Labute approximate surface area is 69.6 Å². The molecule has 0 amide bonds. The van der Waals surface area contributed by atoms with Gasteiger partial charge in [-0.3, -0.25) is 10.1 Å². The average Bonchev–Trinajstić information content (AvgIpc) is 2.06. The zero-order valence-electron chi connectivity index (χ0n) is 6.52. The van der Waals surface area contributed by atoms with Crippen LogP contribution in [0.5, 0.6) is 0 Å². The lowest BCUT2D eigenvalue weighted by molar-refractivity contribution is -0.385. The van der Waals surface area contributed by atoms with E-state index in [1.807, 2.05) is 6.92 Å². The molecular weight excluding hydrogens is 158 g/mol. The van der Waals surface area contributed by atoms with E-state index in [4.69, 9.17) is 0 Å². The first-order valence-corrected chi connectivity index (χ1v) is 3.39. The Balaban J connectivity index is 2.78. The Morgan fingerprint density at radius 3 is 2.83 bits per heavy atom. The Morgan fingerprint density at radius 1 is 1.67 bits per heavy atom. The molecule has 63 valence electrons. The molecule has 1 N–H and O–H groups in total. The highest BCUT2D eigenvalue weighted by Crippen LogP contribution is 2.11. The van der Waals surface area contributed by atoms with Gasteiger partial charge < -0.3 is 5.32 Å². The van der Waals surface area contributed by atoms with Crippen molar-refractivity contribution >= 4 is 11.5 Å². The van der Waals surface area contributed by atoms with Gasteiger partial charge in [0.2, 0.25) is 0 Å². The zero-order valence-corrected chi connectivity index (χ0v) is 6.52. The summed E-state index contributed by atoms with van der Waals surface area (Å²) in [6.45, 7) is 3.51. The Kier molecular flexibility index (Phi) is 2.57. The van der Waals surface area contributed by atoms with Crippen LogP contribution in [0, 0.1) is 16.7 Å². The van der Waals surface area contributed by atoms with Gasteiger partial charge in [0, 0.05) is 12.6 Å². The van der Waals surface area contributed by atoms with Crippen molar-refractivity contribution in [1.29, 1.82) is 0 Å². The Hall–Kier alpha value is -1.65. The minimum atomic E-state index is -0.480. The third-order valence-corrected chi connectivity index (χ3v) is 1.25. The predicted octanol–water partition coefficient (Wildman–Crippen LogP) is 1.58. The number of nitrogens with zero attached hydrogens (tertiary/aromatic N) is 2. The summed E-state index contributed by atoms with van der Waals surface area (Å²) in [5.41, 5.74) is -0.00310. The summed E-state index contributed by atoms with van der Waals surface area (Å²) < 4.78 is 0. The number of nitro groups is 1. The van der Waals surface area contributed by atoms with Crippen molar-refractivity contribution in [2.45, 2.75) is 6.92 Å². The molecule has 0 saturated carbocycles. The van der Waals surface area contributed by atoms with Gasteiger partial charge in [0.25, 0.3) is 5.69 Å². The number of anilines is 1. The molecule has 12 heavy (non-hydrogen) atoms. The fraction of sp³-hybridized carbons (Fsp3) is 0.143. The fourth-order valence-electron chi connectivity index (χ4n) is 0.727. The standard InChI is InChI=1S/C7H8N3O2/c1-2-8-7-4-3-6(5-9-7)10(11)12/h2-5H,1H3,(H,8,9). The monoisotopic (exact) mass is 166 g/mol. The topological polar surface area (TPSA) is 68.1 Å². The predicted molar refractivity (Wildman–Crippen MR) is 44.5 cm³/mol. The number of aromatic nitrogens is 1. The lowest BCUT2D eigenvalue weighted by atomic mass is 10.4. The molecule has 0 aliphatic carbocycles. The highest BCUT2D eigenvalue weighted by Gasteiger charge is 2.03. The van der Waals surface area contributed by atoms with Crippen molar-refractivity contribution < 1.29 is 4.92 Å². The van der Waals surface area contributed by atoms with Crippen molar-refractivity contribution in [3.63, 3.8) is 0 Å². The molecule has 1 aromatic rings. The third kappa shape index (κ3) is 1.91. The van der Waals surface area contributed by atoms with E-state index < -0.39 is 4.92 Å². The minimum absolute atomic E-state index is 0.00310. The van der Waals surface area contributed by atoms with E-state index in [9.17, 15) is 10.1 Å². The van der Waals surface area contributed by atoms with Crippen LogP contribution in [0.4, 0.5) is 11.5 Å². The molecule has 1 heterocycles. The fourth-order valence-corrected chi connectivity index (χ4v) is 0.727. The molecule has 0 unspecified atom stereocenters. The molecule has 1 aromatic heterocycles. The zero-order chi connectivity index (χ0) is 8.97. The molecule has 0 aromatic carbocycles. The third-order valence-electron chi connectivity index (χ3n) is 1.25. The van der Waals surface area contributed by atoms with Gasteiger partial charge in [-0.15, -0.1) is 0 Å². The van der Waals surface area contributed by atoms with Gasteiger partial charge in [-0.25, -0.2) is 4.98 Å². The molecule has 0 atom stereocenters.